The first-order valence-electron chi connectivity index (χ1n) is 9.29. The maximum Gasteiger partial charge on any atom is 0.303 e. The van der Waals surface area contributed by atoms with Crippen molar-refractivity contribution in [2.45, 2.75) is 6.92 Å². The van der Waals surface area contributed by atoms with Crippen LogP contribution in [0.4, 0.5) is 15.8 Å². The molecule has 2 aliphatic heterocycles. The third-order valence-electron chi connectivity index (χ3n) is 5.43. The SMILES string of the molecule is CC(=O)c1ccc(N2CC[NH+](CN3C(=O)C(=O)c4ccc(F)cc43)CC2)cc1. The number of nitrogens with one attached hydrogen (secondary N) is 1. The van der Waals surface area contributed by atoms with E-state index in [-0.39, 0.29) is 11.3 Å². The summed E-state index contributed by atoms with van der Waals surface area (Å²) in [5.74, 6) is -1.57. The average Bonchev–Trinajstić information content (AvgIpc) is 2.93. The molecule has 2 aromatic carbocycles. The molecule has 0 unspecified atom stereocenters. The molecule has 28 heavy (non-hydrogen) atoms. The van der Waals surface area contributed by atoms with Crippen LogP contribution in [0, 0.1) is 5.82 Å². The van der Waals surface area contributed by atoms with Crippen molar-refractivity contribution in [3.63, 3.8) is 0 Å². The van der Waals surface area contributed by atoms with E-state index in [1.165, 1.54) is 23.1 Å². The number of benzene rings is 2. The quantitative estimate of drug-likeness (QED) is 0.631. The van der Waals surface area contributed by atoms with E-state index in [9.17, 15) is 18.8 Å². The fourth-order valence-corrected chi connectivity index (χ4v) is 3.79. The largest absolute Gasteiger partial charge is 0.360 e. The van der Waals surface area contributed by atoms with Gasteiger partial charge in [-0.25, -0.2) is 4.39 Å². The molecule has 2 aromatic rings. The lowest BCUT2D eigenvalue weighted by Crippen LogP contribution is -3.16. The second kappa shape index (κ2) is 7.16. The summed E-state index contributed by atoms with van der Waals surface area (Å²) in [6.07, 6.45) is 0. The minimum absolute atomic E-state index is 0.0439. The summed E-state index contributed by atoms with van der Waals surface area (Å²) in [7, 11) is 0. The Balaban J connectivity index is 1.41. The molecule has 0 aromatic heterocycles. The number of piperazine rings is 1. The van der Waals surface area contributed by atoms with Crippen molar-refractivity contribution in [3.8, 4) is 0 Å². The van der Waals surface area contributed by atoms with E-state index in [4.69, 9.17) is 0 Å². The predicted molar refractivity (Wildman–Crippen MR) is 102 cm³/mol. The Bertz CT molecular complexity index is 950. The van der Waals surface area contributed by atoms with Crippen LogP contribution in [0.5, 0.6) is 0 Å². The summed E-state index contributed by atoms with van der Waals surface area (Å²) in [6, 6.07) is 11.4. The molecule has 0 radical (unpaired) electrons. The molecular weight excluding hydrogens is 361 g/mol. The number of quaternary nitrogens is 1. The number of fused-ring (bicyclic) bond motifs is 1. The van der Waals surface area contributed by atoms with Crippen molar-refractivity contribution < 1.29 is 23.7 Å². The normalized spacial score (nSPS) is 17.2. The Kier molecular flexibility index (Phi) is 4.68. The molecule has 1 N–H and O–H groups in total. The molecule has 1 saturated heterocycles. The number of Topliss-reactive ketones (excluding diaryl/α,β-unsaturated/α-hetero) is 2. The number of anilines is 2. The highest BCUT2D eigenvalue weighted by molar-refractivity contribution is 6.52. The number of carbonyl (C=O) groups is 3. The first kappa shape index (κ1) is 18.3. The van der Waals surface area contributed by atoms with E-state index < -0.39 is 17.5 Å². The van der Waals surface area contributed by atoms with Crippen molar-refractivity contribution in [2.24, 2.45) is 0 Å². The van der Waals surface area contributed by atoms with E-state index in [1.807, 2.05) is 24.3 Å². The van der Waals surface area contributed by atoms with Gasteiger partial charge in [0.05, 0.1) is 37.4 Å². The number of nitrogens with zero attached hydrogens (tertiary/aromatic N) is 2. The lowest BCUT2D eigenvalue weighted by Gasteiger charge is -2.35. The topological polar surface area (TPSA) is 62.1 Å². The van der Waals surface area contributed by atoms with Crippen molar-refractivity contribution in [2.75, 3.05) is 42.6 Å². The highest BCUT2D eigenvalue weighted by atomic mass is 19.1. The maximum absolute atomic E-state index is 13.6. The molecule has 7 heteroatoms. The monoisotopic (exact) mass is 382 g/mol. The molecule has 144 valence electrons. The van der Waals surface area contributed by atoms with E-state index >= 15 is 0 Å². The molecule has 0 atom stereocenters. The van der Waals surface area contributed by atoms with Gasteiger partial charge in [-0.15, -0.1) is 0 Å². The van der Waals surface area contributed by atoms with E-state index in [0.29, 0.717) is 17.9 Å². The van der Waals surface area contributed by atoms with Gasteiger partial charge in [-0.2, -0.15) is 0 Å². The number of hydrogen-bond acceptors (Lipinski definition) is 4. The zero-order valence-corrected chi connectivity index (χ0v) is 15.6. The molecule has 0 spiro atoms. The third-order valence-corrected chi connectivity index (χ3v) is 5.43. The smallest absolute Gasteiger partial charge is 0.303 e. The highest BCUT2D eigenvalue weighted by Crippen LogP contribution is 2.28. The summed E-state index contributed by atoms with van der Waals surface area (Å²) in [6.45, 7) is 5.05. The van der Waals surface area contributed by atoms with Gasteiger partial charge < -0.3 is 9.80 Å². The molecular formula is C21H21FN3O3+. The van der Waals surface area contributed by atoms with Gasteiger partial charge in [0.15, 0.2) is 12.5 Å². The zero-order valence-electron chi connectivity index (χ0n) is 15.6. The van der Waals surface area contributed by atoms with Crippen LogP contribution < -0.4 is 14.7 Å². The van der Waals surface area contributed by atoms with Gasteiger partial charge in [0.2, 0.25) is 0 Å². The second-order valence-corrected chi connectivity index (χ2v) is 7.22. The van der Waals surface area contributed by atoms with Gasteiger partial charge in [0.25, 0.3) is 5.78 Å². The molecule has 2 heterocycles. The van der Waals surface area contributed by atoms with Gasteiger partial charge in [0, 0.05) is 11.3 Å². The van der Waals surface area contributed by atoms with Crippen molar-refractivity contribution >= 4 is 28.8 Å². The number of rotatable bonds is 4. The zero-order chi connectivity index (χ0) is 19.8. The highest BCUT2D eigenvalue weighted by Gasteiger charge is 2.38. The maximum atomic E-state index is 13.6. The number of carbonyl (C=O) groups excluding carboxylic acids is 3. The molecule has 6 nitrogen and oxygen atoms in total. The summed E-state index contributed by atoms with van der Waals surface area (Å²) >= 11 is 0. The first-order chi connectivity index (χ1) is 13.4. The van der Waals surface area contributed by atoms with Crippen LogP contribution in [-0.4, -0.2) is 50.3 Å². The van der Waals surface area contributed by atoms with Gasteiger partial charge in [-0.05, 0) is 49.4 Å². The van der Waals surface area contributed by atoms with E-state index in [1.54, 1.807) is 6.92 Å². The summed E-state index contributed by atoms with van der Waals surface area (Å²) in [5, 5.41) is 0. The molecule has 0 bridgehead atoms. The summed E-state index contributed by atoms with van der Waals surface area (Å²) in [4.78, 5) is 40.6. The molecule has 0 saturated carbocycles. The Morgan fingerprint density at radius 3 is 2.39 bits per heavy atom. The van der Waals surface area contributed by atoms with Crippen LogP contribution >= 0.6 is 0 Å². The number of hydrogen-bond donors (Lipinski definition) is 1. The summed E-state index contributed by atoms with van der Waals surface area (Å²) < 4.78 is 13.6. The first-order valence-corrected chi connectivity index (χ1v) is 9.29. The van der Waals surface area contributed by atoms with Crippen LogP contribution in [0.1, 0.15) is 27.6 Å². The minimum Gasteiger partial charge on any atom is -0.360 e. The Morgan fingerprint density at radius 1 is 1.07 bits per heavy atom. The Hall–Kier alpha value is -3.06. The molecule has 4 rings (SSSR count). The van der Waals surface area contributed by atoms with Crippen LogP contribution in [0.15, 0.2) is 42.5 Å². The standard InChI is InChI=1S/C21H20FN3O3/c1-14(26)15-2-5-17(6-3-15)24-10-8-23(9-11-24)13-25-19-12-16(22)4-7-18(19)20(27)21(25)28/h2-7,12H,8-11,13H2,1H3/p+1. The molecule has 2 aliphatic rings. The van der Waals surface area contributed by atoms with Gasteiger partial charge in [-0.1, -0.05) is 0 Å². The Morgan fingerprint density at radius 2 is 1.75 bits per heavy atom. The lowest BCUT2D eigenvalue weighted by atomic mass is 10.1. The van der Waals surface area contributed by atoms with Crippen LogP contribution in [-0.2, 0) is 4.79 Å². The molecule has 0 aliphatic carbocycles. The summed E-state index contributed by atoms with van der Waals surface area (Å²) in [5.41, 5.74) is 2.39. The number of halogens is 1. The van der Waals surface area contributed by atoms with E-state index in [0.717, 1.165) is 36.8 Å². The van der Waals surface area contributed by atoms with Crippen LogP contribution in [0.2, 0.25) is 0 Å². The predicted octanol–water partition coefficient (Wildman–Crippen LogP) is 0.920. The minimum atomic E-state index is -0.588. The molecule has 1 amide bonds. The lowest BCUT2D eigenvalue weighted by molar-refractivity contribution is -0.899. The second-order valence-electron chi connectivity index (χ2n) is 7.22. The average molecular weight is 382 g/mol. The van der Waals surface area contributed by atoms with Crippen molar-refractivity contribution in [3.05, 3.63) is 59.4 Å². The van der Waals surface area contributed by atoms with Crippen molar-refractivity contribution in [1.29, 1.82) is 0 Å². The number of amides is 1. The fraction of sp³-hybridized carbons (Fsp3) is 0.286. The fourth-order valence-electron chi connectivity index (χ4n) is 3.79. The van der Waals surface area contributed by atoms with Crippen LogP contribution in [0.25, 0.3) is 0 Å². The van der Waals surface area contributed by atoms with Gasteiger partial charge >= 0.3 is 5.91 Å². The third kappa shape index (κ3) is 3.29. The van der Waals surface area contributed by atoms with Gasteiger partial charge in [0.1, 0.15) is 5.82 Å². The van der Waals surface area contributed by atoms with Crippen molar-refractivity contribution in [1.82, 2.24) is 0 Å². The van der Waals surface area contributed by atoms with Crippen LogP contribution in [0.3, 0.4) is 0 Å². The van der Waals surface area contributed by atoms with Gasteiger partial charge in [-0.3, -0.25) is 19.3 Å². The molecule has 1 fully saturated rings. The number of ketones is 2. The van der Waals surface area contributed by atoms with E-state index in [2.05, 4.69) is 4.90 Å². The Labute approximate surface area is 162 Å².